The summed E-state index contributed by atoms with van der Waals surface area (Å²) >= 11 is 0. The van der Waals surface area contributed by atoms with Gasteiger partial charge in [-0.25, -0.2) is 0 Å². The van der Waals surface area contributed by atoms with E-state index in [1.807, 2.05) is 19.1 Å². The summed E-state index contributed by atoms with van der Waals surface area (Å²) < 4.78 is 4.96. The van der Waals surface area contributed by atoms with Gasteiger partial charge in [-0.3, -0.25) is 9.78 Å². The molecule has 2 aromatic heterocycles. The Morgan fingerprint density at radius 2 is 2.32 bits per heavy atom. The summed E-state index contributed by atoms with van der Waals surface area (Å²) in [4.78, 5) is 16.0. The van der Waals surface area contributed by atoms with E-state index < -0.39 is 0 Å². The van der Waals surface area contributed by atoms with E-state index in [9.17, 15) is 4.79 Å². The van der Waals surface area contributed by atoms with Gasteiger partial charge in [0.15, 0.2) is 0 Å². The normalized spacial score (nSPS) is 12.1. The number of hydrogen-bond acceptors (Lipinski definition) is 4. The van der Waals surface area contributed by atoms with Gasteiger partial charge in [-0.05, 0) is 18.1 Å². The maximum absolute atomic E-state index is 11.9. The molecule has 100 valence electrons. The van der Waals surface area contributed by atoms with Gasteiger partial charge in [0, 0.05) is 31.3 Å². The lowest BCUT2D eigenvalue weighted by Crippen LogP contribution is -2.28. The molecule has 19 heavy (non-hydrogen) atoms. The zero-order chi connectivity index (χ0) is 13.5. The van der Waals surface area contributed by atoms with E-state index in [4.69, 9.17) is 4.52 Å². The Balaban J connectivity index is 1.86. The second-order valence-electron chi connectivity index (χ2n) is 4.29. The van der Waals surface area contributed by atoms with Gasteiger partial charge in [-0.15, -0.1) is 0 Å². The topological polar surface area (TPSA) is 68.0 Å². The van der Waals surface area contributed by atoms with Crippen LogP contribution in [0.3, 0.4) is 0 Å². The number of amides is 1. The van der Waals surface area contributed by atoms with Gasteiger partial charge in [0.25, 0.3) is 0 Å². The highest BCUT2D eigenvalue weighted by molar-refractivity contribution is 5.76. The van der Waals surface area contributed by atoms with Crippen LogP contribution in [0.15, 0.2) is 41.3 Å². The van der Waals surface area contributed by atoms with E-state index in [2.05, 4.69) is 15.5 Å². The van der Waals surface area contributed by atoms with Crippen molar-refractivity contribution >= 4 is 5.91 Å². The molecule has 5 heteroatoms. The van der Waals surface area contributed by atoms with Gasteiger partial charge < -0.3 is 9.84 Å². The minimum absolute atomic E-state index is 0.00658. The van der Waals surface area contributed by atoms with Crippen LogP contribution in [0, 0.1) is 0 Å². The Bertz CT molecular complexity index is 497. The summed E-state index contributed by atoms with van der Waals surface area (Å²) in [5.74, 6) is 0.733. The summed E-state index contributed by atoms with van der Waals surface area (Å²) in [5.41, 5.74) is 1.03. The van der Waals surface area contributed by atoms with Crippen LogP contribution in [0.25, 0.3) is 0 Å². The van der Waals surface area contributed by atoms with Crippen molar-refractivity contribution in [3.63, 3.8) is 0 Å². The van der Waals surface area contributed by atoms with Crippen molar-refractivity contribution < 1.29 is 9.32 Å². The summed E-state index contributed by atoms with van der Waals surface area (Å²) in [7, 11) is 0. The van der Waals surface area contributed by atoms with Crippen molar-refractivity contribution in [3.05, 3.63) is 48.1 Å². The maximum Gasteiger partial charge on any atom is 0.220 e. The Kier molecular flexibility index (Phi) is 4.66. The summed E-state index contributed by atoms with van der Waals surface area (Å²) in [6.45, 7) is 2.04. The highest BCUT2D eigenvalue weighted by Gasteiger charge is 2.13. The Morgan fingerprint density at radius 3 is 2.95 bits per heavy atom. The standard InChI is InChI=1S/C14H17N3O2/c1-2-13(11-4-3-8-15-10-11)17-14(18)6-5-12-7-9-16-19-12/h3-4,7-10,13H,2,5-6H2,1H3,(H,17,18)/t13-/m1/s1. The van der Waals surface area contributed by atoms with Crippen molar-refractivity contribution in [2.24, 2.45) is 0 Å². The SMILES string of the molecule is CC[C@@H](NC(=O)CCc1ccno1)c1cccnc1. The average molecular weight is 259 g/mol. The molecule has 1 N–H and O–H groups in total. The molecule has 2 aromatic rings. The van der Waals surface area contributed by atoms with Crippen molar-refractivity contribution in [1.82, 2.24) is 15.5 Å². The number of nitrogens with one attached hydrogen (secondary N) is 1. The van der Waals surface area contributed by atoms with Crippen molar-refractivity contribution in [2.75, 3.05) is 0 Å². The van der Waals surface area contributed by atoms with Crippen molar-refractivity contribution in [3.8, 4) is 0 Å². The molecule has 0 radical (unpaired) electrons. The molecule has 0 spiro atoms. The van der Waals surface area contributed by atoms with Gasteiger partial charge >= 0.3 is 0 Å². The van der Waals surface area contributed by atoms with Gasteiger partial charge in [0.1, 0.15) is 5.76 Å². The number of hydrogen-bond donors (Lipinski definition) is 1. The van der Waals surface area contributed by atoms with Crippen LogP contribution in [0.1, 0.15) is 37.1 Å². The van der Waals surface area contributed by atoms with E-state index in [1.54, 1.807) is 24.7 Å². The maximum atomic E-state index is 11.9. The number of pyridine rings is 1. The lowest BCUT2D eigenvalue weighted by atomic mass is 10.1. The number of aromatic nitrogens is 2. The molecular formula is C14H17N3O2. The molecule has 1 amide bonds. The summed E-state index contributed by atoms with van der Waals surface area (Å²) in [6.07, 6.45) is 6.88. The Morgan fingerprint density at radius 1 is 1.42 bits per heavy atom. The predicted molar refractivity (Wildman–Crippen MR) is 70.2 cm³/mol. The smallest absolute Gasteiger partial charge is 0.220 e. The molecule has 1 atom stereocenters. The molecule has 0 saturated carbocycles. The molecule has 2 heterocycles. The van der Waals surface area contributed by atoms with Gasteiger partial charge in [0.2, 0.25) is 5.91 Å². The third-order valence-corrected chi connectivity index (χ3v) is 2.92. The zero-order valence-corrected chi connectivity index (χ0v) is 10.9. The van der Waals surface area contributed by atoms with Crippen LogP contribution in [-0.2, 0) is 11.2 Å². The first-order valence-electron chi connectivity index (χ1n) is 6.38. The fourth-order valence-corrected chi connectivity index (χ4v) is 1.88. The fraction of sp³-hybridized carbons (Fsp3) is 0.357. The van der Waals surface area contributed by atoms with Crippen LogP contribution >= 0.6 is 0 Å². The number of rotatable bonds is 6. The second-order valence-corrected chi connectivity index (χ2v) is 4.29. The van der Waals surface area contributed by atoms with Gasteiger partial charge in [0.05, 0.1) is 12.2 Å². The first-order chi connectivity index (χ1) is 9.29. The monoisotopic (exact) mass is 259 g/mol. The van der Waals surface area contributed by atoms with Crippen LogP contribution in [0.4, 0.5) is 0 Å². The van der Waals surface area contributed by atoms with E-state index in [-0.39, 0.29) is 11.9 Å². The van der Waals surface area contributed by atoms with E-state index in [1.165, 1.54) is 0 Å². The zero-order valence-electron chi connectivity index (χ0n) is 10.9. The van der Waals surface area contributed by atoms with E-state index in [0.29, 0.717) is 12.8 Å². The quantitative estimate of drug-likeness (QED) is 0.864. The Hall–Kier alpha value is -2.17. The fourth-order valence-electron chi connectivity index (χ4n) is 1.88. The molecule has 0 aliphatic heterocycles. The number of carbonyl (C=O) groups is 1. The van der Waals surface area contributed by atoms with Crippen LogP contribution in [0.2, 0.25) is 0 Å². The third kappa shape index (κ3) is 3.91. The molecule has 0 saturated heterocycles. The summed E-state index contributed by atoms with van der Waals surface area (Å²) in [6, 6.07) is 5.62. The molecule has 0 unspecified atom stereocenters. The predicted octanol–water partition coefficient (Wildman–Crippen LogP) is 2.27. The first kappa shape index (κ1) is 13.3. The lowest BCUT2D eigenvalue weighted by Gasteiger charge is -2.16. The number of nitrogens with zero attached hydrogens (tertiary/aromatic N) is 2. The third-order valence-electron chi connectivity index (χ3n) is 2.92. The van der Waals surface area contributed by atoms with Crippen LogP contribution < -0.4 is 5.32 Å². The van der Waals surface area contributed by atoms with Gasteiger partial charge in [-0.1, -0.05) is 18.1 Å². The van der Waals surface area contributed by atoms with Crippen molar-refractivity contribution in [2.45, 2.75) is 32.2 Å². The molecule has 5 nitrogen and oxygen atoms in total. The summed E-state index contributed by atoms with van der Waals surface area (Å²) in [5, 5.41) is 6.61. The van der Waals surface area contributed by atoms with E-state index in [0.717, 1.165) is 17.7 Å². The molecule has 0 aliphatic carbocycles. The highest BCUT2D eigenvalue weighted by atomic mass is 16.5. The molecular weight excluding hydrogens is 242 g/mol. The molecule has 2 rings (SSSR count). The highest BCUT2D eigenvalue weighted by Crippen LogP contribution is 2.15. The van der Waals surface area contributed by atoms with Crippen molar-refractivity contribution in [1.29, 1.82) is 0 Å². The molecule has 0 aliphatic rings. The molecule has 0 bridgehead atoms. The number of carbonyl (C=O) groups excluding carboxylic acids is 1. The number of aryl methyl sites for hydroxylation is 1. The van der Waals surface area contributed by atoms with Gasteiger partial charge in [-0.2, -0.15) is 0 Å². The molecule has 0 aromatic carbocycles. The Labute approximate surface area is 112 Å². The lowest BCUT2D eigenvalue weighted by molar-refractivity contribution is -0.121. The first-order valence-corrected chi connectivity index (χ1v) is 6.38. The largest absolute Gasteiger partial charge is 0.361 e. The average Bonchev–Trinajstić information content (AvgIpc) is 2.97. The minimum atomic E-state index is 0.00658. The van der Waals surface area contributed by atoms with Crippen LogP contribution in [-0.4, -0.2) is 16.0 Å². The second kappa shape index (κ2) is 6.68. The van der Waals surface area contributed by atoms with E-state index >= 15 is 0 Å². The van der Waals surface area contributed by atoms with Crippen LogP contribution in [0.5, 0.6) is 0 Å². The minimum Gasteiger partial charge on any atom is -0.361 e. The molecule has 0 fully saturated rings.